The van der Waals surface area contributed by atoms with Gasteiger partial charge in [-0.25, -0.2) is 0 Å². The highest BCUT2D eigenvalue weighted by Gasteiger charge is 2.05. The number of benzene rings is 2. The average Bonchev–Trinajstić information content (AvgIpc) is 2.35. The third-order valence-electron chi connectivity index (χ3n) is 2.27. The zero-order chi connectivity index (χ0) is 11.4. The molecule has 0 N–H and O–H groups in total. The summed E-state index contributed by atoms with van der Waals surface area (Å²) in [6.07, 6.45) is 0. The molecule has 0 fully saturated rings. The van der Waals surface area contributed by atoms with Crippen molar-refractivity contribution in [2.75, 3.05) is 6.61 Å². The molecule has 80 valence electrons. The first-order valence-electron chi connectivity index (χ1n) is 4.95. The Bertz CT molecular complexity index is 527. The van der Waals surface area contributed by atoms with Crippen LogP contribution in [-0.4, -0.2) is 12.0 Å². The molecule has 2 nitrogen and oxygen atoms in total. The van der Waals surface area contributed by atoms with E-state index in [4.69, 9.17) is 21.6 Å². The van der Waals surface area contributed by atoms with Gasteiger partial charge in [0.05, 0.1) is 6.07 Å². The molecule has 0 spiro atoms. The maximum Gasteiger partial charge on any atom is 0.154 e. The smallest absolute Gasteiger partial charge is 0.154 e. The largest absolute Gasteiger partial charge is 0.490 e. The molecule has 0 bridgehead atoms. The van der Waals surface area contributed by atoms with Crippen molar-refractivity contribution in [3.05, 3.63) is 42.5 Å². The Hall–Kier alpha value is -1.72. The molecule has 0 saturated heterocycles. The summed E-state index contributed by atoms with van der Waals surface area (Å²) in [6, 6.07) is 15.7. The predicted molar refractivity (Wildman–Crippen MR) is 64.7 cm³/mol. The van der Waals surface area contributed by atoms with Crippen molar-refractivity contribution in [2.24, 2.45) is 0 Å². The molecule has 1 atom stereocenters. The quantitative estimate of drug-likeness (QED) is 0.759. The molecule has 0 heterocycles. The van der Waals surface area contributed by atoms with Crippen molar-refractivity contribution in [3.63, 3.8) is 0 Å². The Balaban J connectivity index is 2.28. The number of ether oxygens (including phenoxy) is 1. The number of nitriles is 1. The molecule has 0 saturated carbocycles. The van der Waals surface area contributed by atoms with Crippen LogP contribution in [0.1, 0.15) is 0 Å². The van der Waals surface area contributed by atoms with Crippen LogP contribution < -0.4 is 4.74 Å². The van der Waals surface area contributed by atoms with Crippen LogP contribution in [0.15, 0.2) is 42.5 Å². The first-order valence-corrected chi connectivity index (χ1v) is 5.39. The van der Waals surface area contributed by atoms with Crippen LogP contribution in [-0.2, 0) is 0 Å². The van der Waals surface area contributed by atoms with E-state index in [1.54, 1.807) is 0 Å². The van der Waals surface area contributed by atoms with Crippen LogP contribution in [0.2, 0.25) is 0 Å². The zero-order valence-corrected chi connectivity index (χ0v) is 9.32. The number of alkyl halides is 1. The van der Waals surface area contributed by atoms with Crippen molar-refractivity contribution in [3.8, 4) is 11.8 Å². The molecule has 0 amide bonds. The van der Waals surface area contributed by atoms with E-state index in [1.807, 2.05) is 48.5 Å². The lowest BCUT2D eigenvalue weighted by atomic mass is 10.1. The molecule has 0 aliphatic carbocycles. The normalized spacial score (nSPS) is 12.0. The third-order valence-corrected chi connectivity index (χ3v) is 2.50. The van der Waals surface area contributed by atoms with Crippen molar-refractivity contribution in [1.82, 2.24) is 0 Å². The standard InChI is InChI=1S/C13H10ClNO/c14-11(8-15)9-16-13-7-3-5-10-4-1-2-6-12(10)13/h1-7,11H,9H2. The summed E-state index contributed by atoms with van der Waals surface area (Å²) in [5.74, 6) is 0.763. The van der Waals surface area contributed by atoms with E-state index in [0.717, 1.165) is 16.5 Å². The van der Waals surface area contributed by atoms with Gasteiger partial charge in [0.1, 0.15) is 12.4 Å². The maximum absolute atomic E-state index is 8.56. The van der Waals surface area contributed by atoms with Crippen LogP contribution in [0.3, 0.4) is 0 Å². The van der Waals surface area contributed by atoms with Gasteiger partial charge in [0.2, 0.25) is 0 Å². The Labute approximate surface area is 99.0 Å². The lowest BCUT2D eigenvalue weighted by Gasteiger charge is -2.09. The Kier molecular flexibility index (Phi) is 3.28. The summed E-state index contributed by atoms with van der Waals surface area (Å²) >= 11 is 5.68. The van der Waals surface area contributed by atoms with Gasteiger partial charge in [0, 0.05) is 5.39 Å². The zero-order valence-electron chi connectivity index (χ0n) is 8.56. The highest BCUT2D eigenvalue weighted by atomic mass is 35.5. The molecule has 2 aromatic rings. The minimum absolute atomic E-state index is 0.200. The van der Waals surface area contributed by atoms with Gasteiger partial charge in [-0.05, 0) is 11.5 Å². The van der Waals surface area contributed by atoms with Gasteiger partial charge < -0.3 is 4.74 Å². The van der Waals surface area contributed by atoms with Crippen LogP contribution in [0.4, 0.5) is 0 Å². The SMILES string of the molecule is N#CC(Cl)COc1cccc2ccccc12. The third kappa shape index (κ3) is 2.26. The van der Waals surface area contributed by atoms with Gasteiger partial charge in [-0.15, -0.1) is 11.6 Å². The summed E-state index contributed by atoms with van der Waals surface area (Å²) in [5.41, 5.74) is 0. The number of hydrogen-bond acceptors (Lipinski definition) is 2. The van der Waals surface area contributed by atoms with E-state index in [2.05, 4.69) is 0 Å². The summed E-state index contributed by atoms with van der Waals surface area (Å²) in [4.78, 5) is 0. The lowest BCUT2D eigenvalue weighted by molar-refractivity contribution is 0.333. The van der Waals surface area contributed by atoms with Crippen LogP contribution in [0, 0.1) is 11.3 Å². The van der Waals surface area contributed by atoms with E-state index in [0.29, 0.717) is 0 Å². The molecular formula is C13H10ClNO. The Morgan fingerprint density at radius 3 is 2.75 bits per heavy atom. The average molecular weight is 232 g/mol. The molecule has 2 rings (SSSR count). The minimum Gasteiger partial charge on any atom is -0.490 e. The first-order chi connectivity index (χ1) is 7.81. The van der Waals surface area contributed by atoms with Gasteiger partial charge in [-0.3, -0.25) is 0 Å². The second-order valence-corrected chi connectivity index (χ2v) is 3.91. The fourth-order valence-electron chi connectivity index (χ4n) is 1.52. The number of halogens is 1. The molecule has 0 aromatic heterocycles. The van der Waals surface area contributed by atoms with Gasteiger partial charge in [0.15, 0.2) is 5.38 Å². The fraction of sp³-hybridized carbons (Fsp3) is 0.154. The number of nitrogens with zero attached hydrogens (tertiary/aromatic N) is 1. The molecular weight excluding hydrogens is 222 g/mol. The van der Waals surface area contributed by atoms with E-state index in [9.17, 15) is 0 Å². The van der Waals surface area contributed by atoms with Gasteiger partial charge >= 0.3 is 0 Å². The number of hydrogen-bond donors (Lipinski definition) is 0. The second kappa shape index (κ2) is 4.87. The molecule has 2 aromatic carbocycles. The Morgan fingerprint density at radius 2 is 1.94 bits per heavy atom. The maximum atomic E-state index is 8.56. The van der Waals surface area contributed by atoms with E-state index >= 15 is 0 Å². The lowest BCUT2D eigenvalue weighted by Crippen LogP contribution is -2.09. The summed E-state index contributed by atoms with van der Waals surface area (Å²) in [7, 11) is 0. The van der Waals surface area contributed by atoms with Crippen molar-refractivity contribution < 1.29 is 4.74 Å². The Morgan fingerprint density at radius 1 is 1.19 bits per heavy atom. The van der Waals surface area contributed by atoms with Crippen molar-refractivity contribution >= 4 is 22.4 Å². The van der Waals surface area contributed by atoms with Gasteiger partial charge in [0.25, 0.3) is 0 Å². The highest BCUT2D eigenvalue weighted by molar-refractivity contribution is 6.22. The van der Waals surface area contributed by atoms with Gasteiger partial charge in [-0.2, -0.15) is 5.26 Å². The van der Waals surface area contributed by atoms with E-state index < -0.39 is 5.38 Å². The molecule has 1 unspecified atom stereocenters. The highest BCUT2D eigenvalue weighted by Crippen LogP contribution is 2.25. The molecule has 16 heavy (non-hydrogen) atoms. The van der Waals surface area contributed by atoms with Crippen molar-refractivity contribution in [1.29, 1.82) is 5.26 Å². The van der Waals surface area contributed by atoms with Crippen molar-refractivity contribution in [2.45, 2.75) is 5.38 Å². The molecule has 0 radical (unpaired) electrons. The summed E-state index contributed by atoms with van der Waals surface area (Å²) in [6.45, 7) is 0.200. The van der Waals surface area contributed by atoms with Gasteiger partial charge in [-0.1, -0.05) is 36.4 Å². The second-order valence-electron chi connectivity index (χ2n) is 3.38. The minimum atomic E-state index is -0.612. The van der Waals surface area contributed by atoms with E-state index in [-0.39, 0.29) is 6.61 Å². The topological polar surface area (TPSA) is 33.0 Å². The van der Waals surface area contributed by atoms with E-state index in [1.165, 1.54) is 0 Å². The summed E-state index contributed by atoms with van der Waals surface area (Å²) in [5, 5.41) is 10.1. The van der Waals surface area contributed by atoms with Crippen LogP contribution in [0.25, 0.3) is 10.8 Å². The first kappa shape index (κ1) is 10.8. The molecule has 0 aliphatic heterocycles. The molecule has 3 heteroatoms. The van der Waals surface area contributed by atoms with Crippen LogP contribution in [0.5, 0.6) is 5.75 Å². The number of fused-ring (bicyclic) bond motifs is 1. The fourth-order valence-corrected chi connectivity index (χ4v) is 1.58. The van der Waals surface area contributed by atoms with Crippen LogP contribution >= 0.6 is 11.6 Å². The monoisotopic (exact) mass is 231 g/mol. The molecule has 0 aliphatic rings. The summed E-state index contributed by atoms with van der Waals surface area (Å²) < 4.78 is 5.52. The predicted octanol–water partition coefficient (Wildman–Crippen LogP) is 3.35. The number of rotatable bonds is 3.